The van der Waals surface area contributed by atoms with E-state index in [1.807, 2.05) is 26.0 Å². The second kappa shape index (κ2) is 5.49. The van der Waals surface area contributed by atoms with Crippen LogP contribution in [0.5, 0.6) is 5.75 Å². The van der Waals surface area contributed by atoms with Crippen molar-refractivity contribution < 1.29 is 4.74 Å². The van der Waals surface area contributed by atoms with E-state index in [0.717, 1.165) is 22.4 Å². The van der Waals surface area contributed by atoms with Crippen LogP contribution >= 0.6 is 0 Å². The Kier molecular flexibility index (Phi) is 3.76. The van der Waals surface area contributed by atoms with Crippen LogP contribution in [0.15, 0.2) is 30.5 Å². The summed E-state index contributed by atoms with van der Waals surface area (Å²) in [7, 11) is 1.62. The lowest BCUT2D eigenvalue weighted by Gasteiger charge is -2.16. The first-order valence-corrected chi connectivity index (χ1v) is 5.99. The lowest BCUT2D eigenvalue weighted by molar-refractivity contribution is 0.406. The molecule has 4 heteroatoms. The summed E-state index contributed by atoms with van der Waals surface area (Å²) in [5.41, 5.74) is 3.58. The van der Waals surface area contributed by atoms with Crippen LogP contribution in [0.25, 0.3) is 0 Å². The number of ether oxygens (including phenoxy) is 1. The van der Waals surface area contributed by atoms with E-state index in [-0.39, 0.29) is 0 Å². The molecular formula is C15H15N3O. The molecular weight excluding hydrogens is 238 g/mol. The summed E-state index contributed by atoms with van der Waals surface area (Å²) in [6, 6.07) is 9.87. The molecule has 1 unspecified atom stereocenters. The van der Waals surface area contributed by atoms with Gasteiger partial charge in [0.05, 0.1) is 18.9 Å². The average Bonchev–Trinajstić information content (AvgIpc) is 2.40. The number of nitrogens with zero attached hydrogens (tertiary/aromatic N) is 3. The molecule has 96 valence electrons. The highest BCUT2D eigenvalue weighted by Crippen LogP contribution is 2.33. The van der Waals surface area contributed by atoms with Crippen molar-refractivity contribution >= 4 is 0 Å². The third-order valence-electron chi connectivity index (χ3n) is 2.98. The van der Waals surface area contributed by atoms with Gasteiger partial charge in [-0.2, -0.15) is 15.5 Å². The maximum Gasteiger partial charge on any atom is 0.126 e. The minimum absolute atomic E-state index is 0.470. The highest BCUT2D eigenvalue weighted by Gasteiger charge is 2.21. The second-order valence-corrected chi connectivity index (χ2v) is 4.41. The lowest BCUT2D eigenvalue weighted by atomic mass is 9.92. The Morgan fingerprint density at radius 2 is 2.11 bits per heavy atom. The molecule has 2 aromatic rings. The van der Waals surface area contributed by atoms with Crippen LogP contribution in [0.3, 0.4) is 0 Å². The van der Waals surface area contributed by atoms with E-state index in [2.05, 4.69) is 16.3 Å². The monoisotopic (exact) mass is 253 g/mol. The number of aromatic nitrogens is 2. The fourth-order valence-electron chi connectivity index (χ4n) is 2.24. The van der Waals surface area contributed by atoms with Crippen LogP contribution in [0, 0.1) is 25.2 Å². The van der Waals surface area contributed by atoms with E-state index in [0.29, 0.717) is 5.69 Å². The third kappa shape index (κ3) is 2.55. The molecule has 0 radical (unpaired) electrons. The van der Waals surface area contributed by atoms with Crippen molar-refractivity contribution in [2.45, 2.75) is 19.8 Å². The van der Waals surface area contributed by atoms with Crippen LogP contribution in [-0.2, 0) is 0 Å². The van der Waals surface area contributed by atoms with Crippen LogP contribution in [0.2, 0.25) is 0 Å². The predicted octanol–water partition coefficient (Wildman–Crippen LogP) is 2.76. The number of rotatable bonds is 3. The molecule has 1 aromatic heterocycles. The van der Waals surface area contributed by atoms with Crippen molar-refractivity contribution in [1.29, 1.82) is 5.26 Å². The van der Waals surface area contributed by atoms with Crippen LogP contribution < -0.4 is 4.74 Å². The molecule has 0 saturated heterocycles. The van der Waals surface area contributed by atoms with E-state index in [1.54, 1.807) is 25.4 Å². The zero-order chi connectivity index (χ0) is 13.8. The molecule has 2 rings (SSSR count). The van der Waals surface area contributed by atoms with Gasteiger partial charge in [-0.25, -0.2) is 0 Å². The zero-order valence-corrected chi connectivity index (χ0v) is 11.2. The van der Waals surface area contributed by atoms with Gasteiger partial charge in [0.15, 0.2) is 0 Å². The van der Waals surface area contributed by atoms with Gasteiger partial charge in [0.1, 0.15) is 11.7 Å². The molecule has 0 spiro atoms. The summed E-state index contributed by atoms with van der Waals surface area (Å²) in [6.07, 6.45) is 1.59. The highest BCUT2D eigenvalue weighted by molar-refractivity contribution is 5.50. The molecule has 0 aliphatic heterocycles. The molecule has 1 heterocycles. The van der Waals surface area contributed by atoms with Crippen molar-refractivity contribution in [3.63, 3.8) is 0 Å². The molecule has 0 saturated carbocycles. The Morgan fingerprint density at radius 3 is 2.68 bits per heavy atom. The zero-order valence-electron chi connectivity index (χ0n) is 11.2. The normalized spacial score (nSPS) is 11.7. The van der Waals surface area contributed by atoms with Crippen molar-refractivity contribution in [2.24, 2.45) is 0 Å². The molecule has 1 aromatic carbocycles. The van der Waals surface area contributed by atoms with Gasteiger partial charge >= 0.3 is 0 Å². The van der Waals surface area contributed by atoms with Crippen molar-refractivity contribution in [1.82, 2.24) is 10.2 Å². The molecule has 0 amide bonds. The first-order chi connectivity index (χ1) is 9.17. The lowest BCUT2D eigenvalue weighted by Crippen LogP contribution is -2.05. The van der Waals surface area contributed by atoms with E-state index >= 15 is 0 Å². The molecule has 0 aliphatic carbocycles. The quantitative estimate of drug-likeness (QED) is 0.844. The number of benzene rings is 1. The van der Waals surface area contributed by atoms with Gasteiger partial charge in [-0.3, -0.25) is 0 Å². The second-order valence-electron chi connectivity index (χ2n) is 4.41. The van der Waals surface area contributed by atoms with Gasteiger partial charge < -0.3 is 4.74 Å². The van der Waals surface area contributed by atoms with Crippen molar-refractivity contribution in [3.05, 3.63) is 52.8 Å². The summed E-state index contributed by atoms with van der Waals surface area (Å²) in [6.45, 7) is 3.97. The predicted molar refractivity (Wildman–Crippen MR) is 72.0 cm³/mol. The first-order valence-electron chi connectivity index (χ1n) is 5.99. The largest absolute Gasteiger partial charge is 0.496 e. The summed E-state index contributed by atoms with van der Waals surface area (Å²) >= 11 is 0. The first kappa shape index (κ1) is 13.0. The van der Waals surface area contributed by atoms with Gasteiger partial charge in [0.25, 0.3) is 0 Å². The van der Waals surface area contributed by atoms with E-state index < -0.39 is 5.92 Å². The number of aryl methyl sites for hydroxylation is 2. The topological polar surface area (TPSA) is 58.8 Å². The van der Waals surface area contributed by atoms with E-state index in [4.69, 9.17) is 4.74 Å². The molecule has 4 nitrogen and oxygen atoms in total. The van der Waals surface area contributed by atoms with E-state index in [9.17, 15) is 5.26 Å². The van der Waals surface area contributed by atoms with Gasteiger partial charge in [-0.1, -0.05) is 17.7 Å². The van der Waals surface area contributed by atoms with Crippen LogP contribution in [0.1, 0.15) is 28.3 Å². The molecule has 0 fully saturated rings. The Balaban J connectivity index is 2.59. The minimum atomic E-state index is -0.470. The molecule has 0 aliphatic rings. The molecule has 19 heavy (non-hydrogen) atoms. The Hall–Kier alpha value is -2.41. The minimum Gasteiger partial charge on any atom is -0.496 e. The number of methoxy groups -OCH3 is 1. The van der Waals surface area contributed by atoms with Gasteiger partial charge in [0.2, 0.25) is 0 Å². The van der Waals surface area contributed by atoms with Gasteiger partial charge in [0, 0.05) is 11.8 Å². The maximum atomic E-state index is 9.46. The van der Waals surface area contributed by atoms with Crippen LogP contribution in [0.4, 0.5) is 0 Å². The standard InChI is InChI=1S/C15H15N3O/c1-10-7-11(2)15(19-3)12(8-10)13(9-16)14-5-4-6-17-18-14/h4-8,13H,1-3H3. The van der Waals surface area contributed by atoms with Gasteiger partial charge in [-0.05, 0) is 31.5 Å². The fraction of sp³-hybridized carbons (Fsp3) is 0.267. The summed E-state index contributed by atoms with van der Waals surface area (Å²) < 4.78 is 5.44. The Bertz CT molecular complexity index is 617. The summed E-state index contributed by atoms with van der Waals surface area (Å²) in [4.78, 5) is 0. The average molecular weight is 253 g/mol. The van der Waals surface area contributed by atoms with Crippen molar-refractivity contribution in [2.75, 3.05) is 7.11 Å². The molecule has 1 atom stereocenters. The SMILES string of the molecule is COc1c(C)cc(C)cc1C(C#N)c1cccnn1. The van der Waals surface area contributed by atoms with E-state index in [1.165, 1.54) is 0 Å². The third-order valence-corrected chi connectivity index (χ3v) is 2.98. The molecule has 0 bridgehead atoms. The van der Waals surface area contributed by atoms with Crippen LogP contribution in [-0.4, -0.2) is 17.3 Å². The van der Waals surface area contributed by atoms with Crippen molar-refractivity contribution in [3.8, 4) is 11.8 Å². The fourth-order valence-corrected chi connectivity index (χ4v) is 2.24. The number of hydrogen-bond donors (Lipinski definition) is 0. The number of nitriles is 1. The Morgan fingerprint density at radius 1 is 1.32 bits per heavy atom. The van der Waals surface area contributed by atoms with Gasteiger partial charge in [-0.15, -0.1) is 0 Å². The summed E-state index contributed by atoms with van der Waals surface area (Å²) in [5.74, 6) is 0.269. The highest BCUT2D eigenvalue weighted by atomic mass is 16.5. The molecule has 0 N–H and O–H groups in total. The number of hydrogen-bond acceptors (Lipinski definition) is 4. The smallest absolute Gasteiger partial charge is 0.126 e. The summed E-state index contributed by atoms with van der Waals surface area (Å²) in [5, 5.41) is 17.3. The maximum absolute atomic E-state index is 9.46. The Labute approximate surface area is 112 Å².